The smallest absolute Gasteiger partial charge is 0.270 e. The molecule has 0 radical (unpaired) electrons. The van der Waals surface area contributed by atoms with E-state index in [0.29, 0.717) is 18.8 Å². The molecule has 1 aromatic heterocycles. The molecule has 1 aromatic carbocycles. The Hall–Kier alpha value is -2.76. The Morgan fingerprint density at radius 1 is 1.12 bits per heavy atom. The maximum Gasteiger partial charge on any atom is 0.270 e. The van der Waals surface area contributed by atoms with Crippen molar-refractivity contribution in [1.82, 2.24) is 10.3 Å². The average molecular weight is 343 g/mol. The Balaban J connectivity index is 1.82. The summed E-state index contributed by atoms with van der Waals surface area (Å²) in [7, 11) is 1.63. The van der Waals surface area contributed by atoms with Gasteiger partial charge in [0.15, 0.2) is 0 Å². The van der Waals surface area contributed by atoms with Crippen LogP contribution in [0, 0.1) is 0 Å². The summed E-state index contributed by atoms with van der Waals surface area (Å²) in [6.45, 7) is 6.91. The number of amides is 1. The summed E-state index contributed by atoms with van der Waals surface area (Å²) < 4.78 is 10.8. The molecule has 2 aromatic rings. The summed E-state index contributed by atoms with van der Waals surface area (Å²) in [4.78, 5) is 16.3. The van der Waals surface area contributed by atoms with Crippen LogP contribution in [0.15, 0.2) is 42.6 Å². The molecule has 0 aliphatic rings. The third-order valence-electron chi connectivity index (χ3n) is 3.24. The number of nitrogens with one attached hydrogen (secondary N) is 2. The fraction of sp³-hybridized carbons (Fsp3) is 0.368. The second-order valence-electron chi connectivity index (χ2n) is 6.58. The highest BCUT2D eigenvalue weighted by Crippen LogP contribution is 2.17. The number of benzene rings is 1. The third-order valence-corrected chi connectivity index (χ3v) is 3.24. The van der Waals surface area contributed by atoms with Gasteiger partial charge in [-0.05, 0) is 57.2 Å². The Kier molecular flexibility index (Phi) is 6.22. The van der Waals surface area contributed by atoms with Crippen LogP contribution in [0.3, 0.4) is 0 Å². The van der Waals surface area contributed by atoms with Gasteiger partial charge in [-0.3, -0.25) is 9.78 Å². The lowest BCUT2D eigenvalue weighted by molar-refractivity contribution is 0.0914. The Morgan fingerprint density at radius 2 is 1.80 bits per heavy atom. The fourth-order valence-electron chi connectivity index (χ4n) is 2.11. The van der Waals surface area contributed by atoms with E-state index < -0.39 is 0 Å². The van der Waals surface area contributed by atoms with E-state index in [2.05, 4.69) is 15.6 Å². The number of aromatic nitrogens is 1. The van der Waals surface area contributed by atoms with Crippen molar-refractivity contribution in [3.05, 3.63) is 48.3 Å². The summed E-state index contributed by atoms with van der Waals surface area (Å²) in [5, 5.41) is 6.12. The Labute approximate surface area is 148 Å². The molecule has 25 heavy (non-hydrogen) atoms. The number of carbonyl (C=O) groups is 1. The second kappa shape index (κ2) is 8.37. The molecule has 1 amide bonds. The van der Waals surface area contributed by atoms with E-state index in [-0.39, 0.29) is 11.4 Å². The van der Waals surface area contributed by atoms with Gasteiger partial charge in [-0.25, -0.2) is 0 Å². The van der Waals surface area contributed by atoms with E-state index in [4.69, 9.17) is 9.47 Å². The number of ether oxygens (including phenoxy) is 2. The van der Waals surface area contributed by atoms with Gasteiger partial charge in [0.1, 0.15) is 23.8 Å². The van der Waals surface area contributed by atoms with Crippen LogP contribution in [0.1, 0.15) is 31.3 Å². The number of carbonyl (C=O) groups excluding carboxylic acids is 1. The molecule has 0 saturated heterocycles. The topological polar surface area (TPSA) is 72.5 Å². The van der Waals surface area contributed by atoms with Gasteiger partial charge in [-0.2, -0.15) is 0 Å². The predicted molar refractivity (Wildman–Crippen MR) is 98.4 cm³/mol. The van der Waals surface area contributed by atoms with E-state index >= 15 is 0 Å². The third kappa shape index (κ3) is 6.33. The van der Waals surface area contributed by atoms with Crippen LogP contribution < -0.4 is 20.1 Å². The van der Waals surface area contributed by atoms with Gasteiger partial charge in [0.05, 0.1) is 7.11 Å². The van der Waals surface area contributed by atoms with E-state index in [0.717, 1.165) is 17.2 Å². The van der Waals surface area contributed by atoms with Crippen LogP contribution >= 0.6 is 0 Å². The predicted octanol–water partition coefficient (Wildman–Crippen LogP) is 3.11. The van der Waals surface area contributed by atoms with E-state index in [1.165, 1.54) is 0 Å². The zero-order valence-corrected chi connectivity index (χ0v) is 15.1. The molecule has 2 rings (SSSR count). The lowest BCUT2D eigenvalue weighted by Crippen LogP contribution is -2.40. The monoisotopic (exact) mass is 343 g/mol. The van der Waals surface area contributed by atoms with Crippen LogP contribution in [-0.4, -0.2) is 36.7 Å². The van der Waals surface area contributed by atoms with Gasteiger partial charge in [0.25, 0.3) is 5.91 Å². The lowest BCUT2D eigenvalue weighted by atomic mass is 10.1. The van der Waals surface area contributed by atoms with Crippen LogP contribution in [0.2, 0.25) is 0 Å². The van der Waals surface area contributed by atoms with E-state index in [9.17, 15) is 4.79 Å². The highest BCUT2D eigenvalue weighted by molar-refractivity contribution is 5.93. The van der Waals surface area contributed by atoms with Gasteiger partial charge in [0, 0.05) is 24.0 Å². The van der Waals surface area contributed by atoms with Crippen molar-refractivity contribution in [3.63, 3.8) is 0 Å². The second-order valence-corrected chi connectivity index (χ2v) is 6.58. The quantitative estimate of drug-likeness (QED) is 0.756. The van der Waals surface area contributed by atoms with Crippen molar-refractivity contribution in [3.8, 4) is 11.5 Å². The van der Waals surface area contributed by atoms with Crippen molar-refractivity contribution in [1.29, 1.82) is 0 Å². The molecular formula is C19H25N3O3. The Morgan fingerprint density at radius 3 is 2.44 bits per heavy atom. The minimum atomic E-state index is -0.297. The molecule has 6 heteroatoms. The summed E-state index contributed by atoms with van der Waals surface area (Å²) in [5.74, 6) is 1.39. The molecule has 134 valence electrons. The van der Waals surface area contributed by atoms with Crippen LogP contribution in [0.5, 0.6) is 11.5 Å². The van der Waals surface area contributed by atoms with E-state index in [1.807, 2.05) is 51.1 Å². The van der Waals surface area contributed by atoms with Gasteiger partial charge >= 0.3 is 0 Å². The van der Waals surface area contributed by atoms with Crippen molar-refractivity contribution in [2.24, 2.45) is 0 Å². The van der Waals surface area contributed by atoms with Gasteiger partial charge in [0.2, 0.25) is 0 Å². The maximum absolute atomic E-state index is 12.1. The van der Waals surface area contributed by atoms with Crippen LogP contribution in [-0.2, 0) is 0 Å². The highest BCUT2D eigenvalue weighted by Gasteiger charge is 2.16. The first-order valence-corrected chi connectivity index (χ1v) is 8.17. The first-order chi connectivity index (χ1) is 11.9. The number of hydrogen-bond donors (Lipinski definition) is 2. The zero-order chi connectivity index (χ0) is 18.3. The first kappa shape index (κ1) is 18.6. The number of nitrogens with zero attached hydrogens (tertiary/aromatic N) is 1. The minimum Gasteiger partial charge on any atom is -0.497 e. The average Bonchev–Trinajstić information content (AvgIpc) is 2.58. The molecule has 0 aliphatic heterocycles. The molecule has 0 bridgehead atoms. The maximum atomic E-state index is 12.1. The van der Waals surface area contributed by atoms with Gasteiger partial charge < -0.3 is 20.1 Å². The molecule has 0 spiro atoms. The standard InChI is InChI=1S/C19H25N3O3/c1-19(2,3)22-18(23)17-13-14(9-10-21-17)20-11-12-25-16-7-5-15(24-4)6-8-16/h5-10,13H,11-12H2,1-4H3,(H,20,21)(H,22,23). The molecule has 2 N–H and O–H groups in total. The minimum absolute atomic E-state index is 0.189. The number of methoxy groups -OCH3 is 1. The van der Waals surface area contributed by atoms with Crippen molar-refractivity contribution >= 4 is 11.6 Å². The normalized spacial score (nSPS) is 10.9. The fourth-order valence-corrected chi connectivity index (χ4v) is 2.11. The van der Waals surface area contributed by atoms with Crippen molar-refractivity contribution in [2.75, 3.05) is 25.6 Å². The van der Waals surface area contributed by atoms with Crippen molar-refractivity contribution < 1.29 is 14.3 Å². The van der Waals surface area contributed by atoms with Gasteiger partial charge in [-0.15, -0.1) is 0 Å². The molecule has 0 saturated carbocycles. The van der Waals surface area contributed by atoms with E-state index in [1.54, 1.807) is 19.4 Å². The molecular weight excluding hydrogens is 318 g/mol. The molecule has 0 fully saturated rings. The molecule has 0 atom stereocenters. The summed E-state index contributed by atoms with van der Waals surface area (Å²) >= 11 is 0. The SMILES string of the molecule is COc1ccc(OCCNc2ccnc(C(=O)NC(C)(C)C)c2)cc1. The molecule has 0 unspecified atom stereocenters. The lowest BCUT2D eigenvalue weighted by Gasteiger charge is -2.20. The van der Waals surface area contributed by atoms with Gasteiger partial charge in [-0.1, -0.05) is 0 Å². The molecule has 0 aliphatic carbocycles. The number of anilines is 1. The van der Waals surface area contributed by atoms with Crippen LogP contribution in [0.25, 0.3) is 0 Å². The molecule has 6 nitrogen and oxygen atoms in total. The van der Waals surface area contributed by atoms with Crippen molar-refractivity contribution in [2.45, 2.75) is 26.3 Å². The van der Waals surface area contributed by atoms with Crippen LogP contribution in [0.4, 0.5) is 5.69 Å². The number of rotatable bonds is 7. The molecule has 1 heterocycles. The summed E-state index contributed by atoms with van der Waals surface area (Å²) in [6.07, 6.45) is 1.62. The Bertz CT molecular complexity index is 694. The summed E-state index contributed by atoms with van der Waals surface area (Å²) in [6, 6.07) is 11.0. The number of pyridine rings is 1. The number of hydrogen-bond acceptors (Lipinski definition) is 5. The first-order valence-electron chi connectivity index (χ1n) is 8.17. The zero-order valence-electron chi connectivity index (χ0n) is 15.1. The highest BCUT2D eigenvalue weighted by atomic mass is 16.5. The summed E-state index contributed by atoms with van der Waals surface area (Å²) in [5.41, 5.74) is 0.914. The largest absolute Gasteiger partial charge is 0.497 e.